The fourth-order valence-electron chi connectivity index (χ4n) is 8.35. The lowest BCUT2D eigenvalue weighted by Crippen LogP contribution is -2.66. The van der Waals surface area contributed by atoms with E-state index in [1.807, 2.05) is 182 Å². The number of ether oxygens (including phenoxy) is 10. The third kappa shape index (κ3) is 14.4. The first-order valence-corrected chi connectivity index (χ1v) is 23.7. The molecule has 12 heteroatoms. The number of hydrogen-bond donors (Lipinski definition) is 1. The van der Waals surface area contributed by atoms with Crippen LogP contribution in [-0.2, 0) is 91.8 Å². The van der Waals surface area contributed by atoms with E-state index in [1.165, 1.54) is 6.92 Å². The van der Waals surface area contributed by atoms with E-state index in [4.69, 9.17) is 60.0 Å². The fourth-order valence-corrected chi connectivity index (χ4v) is 8.76. The number of esters is 1. The summed E-state index contributed by atoms with van der Waals surface area (Å²) in [5, 5.41) is 0. The Hall–Kier alpha value is -5.22. The normalized spacial score (nSPS) is 24.9. The molecule has 68 heavy (non-hydrogen) atoms. The molecule has 0 radical (unpaired) electrons. The monoisotopic (exact) mass is 940 g/mol. The number of carbonyl (C=O) groups excluding carboxylic acids is 1. The summed E-state index contributed by atoms with van der Waals surface area (Å²) < 4.78 is 67.3. The molecule has 11 nitrogen and oxygen atoms in total. The maximum absolute atomic E-state index is 13.3. The highest BCUT2D eigenvalue weighted by molar-refractivity contribution is 7.80. The van der Waals surface area contributed by atoms with Crippen LogP contribution in [0.4, 0.5) is 0 Å². The molecule has 10 atom stereocenters. The van der Waals surface area contributed by atoms with Crippen molar-refractivity contribution in [2.45, 2.75) is 107 Å². The highest BCUT2D eigenvalue weighted by atomic mass is 32.1. The largest absolute Gasteiger partial charge is 0.454 e. The number of benzene rings is 6. The number of thiol groups is 1. The summed E-state index contributed by atoms with van der Waals surface area (Å²) in [6.07, 6.45) is -8.09. The van der Waals surface area contributed by atoms with Crippen LogP contribution in [0.3, 0.4) is 0 Å². The van der Waals surface area contributed by atoms with E-state index in [0.29, 0.717) is 13.2 Å². The third-order valence-corrected chi connectivity index (χ3v) is 12.1. The molecule has 2 heterocycles. The summed E-state index contributed by atoms with van der Waals surface area (Å²) in [5.74, 6) is -0.555. The third-order valence-electron chi connectivity index (χ3n) is 11.7. The lowest BCUT2D eigenvalue weighted by Gasteiger charge is -2.49. The summed E-state index contributed by atoms with van der Waals surface area (Å²) >= 11 is 5.00. The zero-order chi connectivity index (χ0) is 46.8. The van der Waals surface area contributed by atoms with Gasteiger partial charge in [-0.2, -0.15) is 0 Å². The van der Waals surface area contributed by atoms with Crippen molar-refractivity contribution in [1.82, 2.24) is 0 Å². The Morgan fingerprint density at radius 1 is 0.412 bits per heavy atom. The minimum atomic E-state index is -1.25. The van der Waals surface area contributed by atoms with E-state index < -0.39 is 66.5 Å². The Balaban J connectivity index is 1.16. The van der Waals surface area contributed by atoms with E-state index in [9.17, 15) is 4.79 Å². The quantitative estimate of drug-likeness (QED) is 0.0491. The van der Waals surface area contributed by atoms with Crippen LogP contribution in [0.15, 0.2) is 182 Å². The first-order chi connectivity index (χ1) is 33.5. The molecule has 0 spiro atoms. The summed E-state index contributed by atoms with van der Waals surface area (Å²) in [6.45, 7) is 3.07. The van der Waals surface area contributed by atoms with Crippen molar-refractivity contribution in [2.75, 3.05) is 13.2 Å². The standard InChI is InChI=1S/C56H60O11S/c1-40(57)64-53-51(61-35-44-26-14-5-15-27-44)49(60-34-43-24-12-4-13-25-43)47(38-58-32-41-20-8-2-9-21-41)65-55(53)67-50-48(39-59-33-42-22-10-3-11-23-42)66-56(68)54(63-37-46-30-18-7-19-31-46)52(50)62-36-45-28-16-6-17-29-45/h2-31,47-56,68H,32-39H2,1H3/t47-,48-,49-,50-,51+,52+,53-,54-,55+,56+/m1/s1. The van der Waals surface area contributed by atoms with Crippen molar-refractivity contribution < 1.29 is 52.2 Å². The van der Waals surface area contributed by atoms with Crippen LogP contribution in [0.25, 0.3) is 0 Å². The van der Waals surface area contributed by atoms with Crippen molar-refractivity contribution >= 4 is 18.6 Å². The molecular weight excluding hydrogens is 881 g/mol. The van der Waals surface area contributed by atoms with Gasteiger partial charge < -0.3 is 47.4 Å². The molecule has 0 saturated carbocycles. The second kappa shape index (κ2) is 26.0. The van der Waals surface area contributed by atoms with Crippen LogP contribution < -0.4 is 0 Å². The lowest BCUT2D eigenvalue weighted by molar-refractivity contribution is -0.354. The van der Waals surface area contributed by atoms with Gasteiger partial charge in [-0.15, -0.1) is 12.6 Å². The highest BCUT2D eigenvalue weighted by Gasteiger charge is 2.54. The van der Waals surface area contributed by atoms with Crippen molar-refractivity contribution in [3.8, 4) is 0 Å². The van der Waals surface area contributed by atoms with Gasteiger partial charge in [0.2, 0.25) is 0 Å². The molecule has 2 aliphatic rings. The molecule has 2 saturated heterocycles. The SMILES string of the molecule is CC(=O)O[C@H]1[C@H](O[C@H]2[C@H](OCc3ccccc3)[C@@H](OCc3ccccc3)[C@H](S)O[C@@H]2COCc2ccccc2)O[C@H](COCc2ccccc2)[C@@H](OCc2ccccc2)[C@@H]1OCc1ccccc1. The summed E-state index contributed by atoms with van der Waals surface area (Å²) in [6, 6.07) is 59.2. The van der Waals surface area contributed by atoms with Crippen LogP contribution in [0, 0.1) is 0 Å². The van der Waals surface area contributed by atoms with Crippen molar-refractivity contribution in [1.29, 1.82) is 0 Å². The molecule has 6 aromatic carbocycles. The topological polar surface area (TPSA) is 109 Å². The predicted octanol–water partition coefficient (Wildman–Crippen LogP) is 9.46. The Bertz CT molecular complexity index is 2330. The number of hydrogen-bond acceptors (Lipinski definition) is 12. The first-order valence-electron chi connectivity index (χ1n) is 23.1. The predicted molar refractivity (Wildman–Crippen MR) is 259 cm³/mol. The maximum atomic E-state index is 13.3. The van der Waals surface area contributed by atoms with Gasteiger partial charge in [-0.1, -0.05) is 182 Å². The van der Waals surface area contributed by atoms with Crippen LogP contribution in [0.1, 0.15) is 40.3 Å². The summed E-state index contributed by atoms with van der Waals surface area (Å²) in [5.41, 5.74) is 5.00. The Kier molecular flexibility index (Phi) is 18.8. The highest BCUT2D eigenvalue weighted by Crippen LogP contribution is 2.37. The van der Waals surface area contributed by atoms with Gasteiger partial charge >= 0.3 is 5.97 Å². The molecule has 0 bridgehead atoms. The van der Waals surface area contributed by atoms with E-state index in [0.717, 1.165) is 33.4 Å². The van der Waals surface area contributed by atoms with Gasteiger partial charge in [0.25, 0.3) is 0 Å². The van der Waals surface area contributed by atoms with Crippen LogP contribution in [0.2, 0.25) is 0 Å². The molecule has 0 N–H and O–H groups in total. The lowest BCUT2D eigenvalue weighted by atomic mass is 9.96. The fraction of sp³-hybridized carbons (Fsp3) is 0.339. The average molecular weight is 941 g/mol. The van der Waals surface area contributed by atoms with Gasteiger partial charge in [-0.3, -0.25) is 4.79 Å². The summed E-state index contributed by atoms with van der Waals surface area (Å²) in [4.78, 5) is 13.3. The minimum absolute atomic E-state index is 0.0897. The Morgan fingerprint density at radius 3 is 1.12 bits per heavy atom. The molecule has 356 valence electrons. The van der Waals surface area contributed by atoms with E-state index in [2.05, 4.69) is 0 Å². The molecule has 0 unspecified atom stereocenters. The second-order valence-electron chi connectivity index (χ2n) is 16.8. The van der Waals surface area contributed by atoms with Gasteiger partial charge in [0, 0.05) is 6.92 Å². The van der Waals surface area contributed by atoms with Crippen molar-refractivity contribution in [3.05, 3.63) is 215 Å². The van der Waals surface area contributed by atoms with E-state index in [1.54, 1.807) is 0 Å². The zero-order valence-corrected chi connectivity index (χ0v) is 39.1. The average Bonchev–Trinajstić information content (AvgIpc) is 3.37. The Morgan fingerprint density at radius 2 is 0.735 bits per heavy atom. The molecule has 2 fully saturated rings. The van der Waals surface area contributed by atoms with Gasteiger partial charge in [-0.05, 0) is 33.4 Å². The van der Waals surface area contributed by atoms with Crippen LogP contribution >= 0.6 is 12.6 Å². The van der Waals surface area contributed by atoms with Gasteiger partial charge in [-0.25, -0.2) is 0 Å². The second-order valence-corrected chi connectivity index (χ2v) is 17.3. The van der Waals surface area contributed by atoms with E-state index in [-0.39, 0.29) is 39.6 Å². The van der Waals surface area contributed by atoms with Crippen molar-refractivity contribution in [2.24, 2.45) is 0 Å². The maximum Gasteiger partial charge on any atom is 0.303 e. The smallest absolute Gasteiger partial charge is 0.303 e. The Labute approximate surface area is 404 Å². The van der Waals surface area contributed by atoms with Crippen molar-refractivity contribution in [3.63, 3.8) is 0 Å². The number of carbonyl (C=O) groups is 1. The zero-order valence-electron chi connectivity index (χ0n) is 38.2. The molecule has 0 aliphatic carbocycles. The minimum Gasteiger partial charge on any atom is -0.454 e. The molecule has 8 rings (SSSR count). The molecule has 2 aliphatic heterocycles. The van der Waals surface area contributed by atoms with Gasteiger partial charge in [0.05, 0.1) is 52.9 Å². The molecule has 0 amide bonds. The van der Waals surface area contributed by atoms with E-state index >= 15 is 0 Å². The van der Waals surface area contributed by atoms with Gasteiger partial charge in [0.1, 0.15) is 48.2 Å². The summed E-state index contributed by atoms with van der Waals surface area (Å²) in [7, 11) is 0. The molecular formula is C56H60O11S. The molecule has 0 aromatic heterocycles. The first kappa shape index (κ1) is 49.2. The molecule has 6 aromatic rings. The van der Waals surface area contributed by atoms with Crippen LogP contribution in [-0.4, -0.2) is 79.7 Å². The number of rotatable bonds is 23. The van der Waals surface area contributed by atoms with Gasteiger partial charge in [0.15, 0.2) is 12.4 Å². The van der Waals surface area contributed by atoms with Crippen LogP contribution in [0.5, 0.6) is 0 Å².